The lowest BCUT2D eigenvalue weighted by molar-refractivity contribution is -0.120. The first-order chi connectivity index (χ1) is 15.8. The zero-order valence-corrected chi connectivity index (χ0v) is 20.5. The molecule has 2 N–H and O–H groups in total. The Hall–Kier alpha value is -2.95. The second kappa shape index (κ2) is 11.8. The predicted molar refractivity (Wildman–Crippen MR) is 135 cm³/mol. The molecule has 0 radical (unpaired) electrons. The van der Waals surface area contributed by atoms with Gasteiger partial charge in [-0.25, -0.2) is 10.2 Å². The van der Waals surface area contributed by atoms with Crippen LogP contribution in [-0.4, -0.2) is 30.5 Å². The first-order valence-electron chi connectivity index (χ1n) is 9.45. The van der Waals surface area contributed by atoms with E-state index in [1.54, 1.807) is 48.5 Å². The number of nitrogens with one attached hydrogen (secondary N) is 2. The topological polar surface area (TPSA) is 96.9 Å². The number of esters is 1. The molecule has 168 valence electrons. The molecule has 33 heavy (non-hydrogen) atoms. The zero-order chi connectivity index (χ0) is 23.8. The van der Waals surface area contributed by atoms with Gasteiger partial charge in [0.15, 0.2) is 0 Å². The fourth-order valence-corrected chi connectivity index (χ4v) is 3.68. The van der Waals surface area contributed by atoms with Crippen LogP contribution in [0.1, 0.15) is 26.3 Å². The van der Waals surface area contributed by atoms with E-state index in [2.05, 4.69) is 38.4 Å². The summed E-state index contributed by atoms with van der Waals surface area (Å²) in [6.07, 6.45) is 1.42. The van der Waals surface area contributed by atoms with Gasteiger partial charge in [0.2, 0.25) is 0 Å². The van der Waals surface area contributed by atoms with Crippen LogP contribution in [0.4, 0.5) is 0 Å². The number of carbonyl (C=O) groups is 3. The van der Waals surface area contributed by atoms with E-state index in [1.807, 2.05) is 6.07 Å². The molecule has 0 atom stereocenters. The number of nitrogens with zero attached hydrogens (tertiary/aromatic N) is 1. The normalized spacial score (nSPS) is 10.6. The van der Waals surface area contributed by atoms with Gasteiger partial charge in [-0.1, -0.05) is 35.3 Å². The number of halogens is 3. The first kappa shape index (κ1) is 24.7. The zero-order valence-electron chi connectivity index (χ0n) is 16.8. The van der Waals surface area contributed by atoms with E-state index in [0.717, 1.165) is 3.57 Å². The van der Waals surface area contributed by atoms with Gasteiger partial charge in [-0.05, 0) is 82.8 Å². The minimum Gasteiger partial charge on any atom is -0.423 e. The Morgan fingerprint density at radius 1 is 0.970 bits per heavy atom. The lowest BCUT2D eigenvalue weighted by Crippen LogP contribution is -2.35. The van der Waals surface area contributed by atoms with Crippen LogP contribution in [0.25, 0.3) is 0 Å². The highest BCUT2D eigenvalue weighted by Crippen LogP contribution is 2.23. The largest absolute Gasteiger partial charge is 0.423 e. The lowest BCUT2D eigenvalue weighted by Gasteiger charge is -2.06. The van der Waals surface area contributed by atoms with E-state index >= 15 is 0 Å². The molecule has 0 aliphatic heterocycles. The van der Waals surface area contributed by atoms with Gasteiger partial charge >= 0.3 is 5.97 Å². The Balaban J connectivity index is 1.47. The molecule has 0 bridgehead atoms. The van der Waals surface area contributed by atoms with Crippen molar-refractivity contribution >= 4 is 69.8 Å². The van der Waals surface area contributed by atoms with Crippen LogP contribution in [-0.2, 0) is 4.79 Å². The predicted octanol–water partition coefficient (Wildman–Crippen LogP) is 4.70. The minimum atomic E-state index is -0.613. The van der Waals surface area contributed by atoms with Gasteiger partial charge in [0.1, 0.15) is 5.75 Å². The van der Waals surface area contributed by atoms with Gasteiger partial charge in [0.25, 0.3) is 11.8 Å². The van der Waals surface area contributed by atoms with Crippen molar-refractivity contribution in [1.29, 1.82) is 0 Å². The van der Waals surface area contributed by atoms with Crippen LogP contribution in [0.2, 0.25) is 10.0 Å². The average molecular weight is 596 g/mol. The highest BCUT2D eigenvalue weighted by Gasteiger charge is 2.13. The maximum absolute atomic E-state index is 12.2. The molecule has 0 saturated heterocycles. The van der Waals surface area contributed by atoms with Crippen molar-refractivity contribution < 1.29 is 19.1 Å². The molecule has 7 nitrogen and oxygen atoms in total. The summed E-state index contributed by atoms with van der Waals surface area (Å²) in [5.74, 6) is -1.12. The molecule has 3 aromatic rings. The summed E-state index contributed by atoms with van der Waals surface area (Å²) in [6.45, 7) is -0.219. The molecule has 0 fully saturated rings. The van der Waals surface area contributed by atoms with Gasteiger partial charge in [0, 0.05) is 8.59 Å². The highest BCUT2D eigenvalue weighted by molar-refractivity contribution is 14.1. The molecule has 0 aromatic heterocycles. The minimum absolute atomic E-state index is 0.196. The van der Waals surface area contributed by atoms with Crippen LogP contribution < -0.4 is 15.5 Å². The van der Waals surface area contributed by atoms with Crippen LogP contribution >= 0.6 is 45.8 Å². The summed E-state index contributed by atoms with van der Waals surface area (Å²) in [6, 6.07) is 18.0. The smallest absolute Gasteiger partial charge is 0.345 e. The van der Waals surface area contributed by atoms with Crippen molar-refractivity contribution in [3.63, 3.8) is 0 Å². The number of carbonyl (C=O) groups excluding carboxylic acids is 3. The standard InChI is InChI=1S/C23H16Cl2IN3O4/c24-15-7-10-17(19(25)11-15)23(32)33-16-8-5-14(6-9-16)12-28-29-21(30)13-27-22(31)18-3-1-2-4-20(18)26/h1-12H,13H2,(H,27,31)(H,29,30)/b28-12-. The number of rotatable bonds is 7. The van der Waals surface area contributed by atoms with Crippen molar-refractivity contribution in [1.82, 2.24) is 10.7 Å². The highest BCUT2D eigenvalue weighted by atomic mass is 127. The number of hydrogen-bond donors (Lipinski definition) is 2. The van der Waals surface area contributed by atoms with Crippen LogP contribution in [0, 0.1) is 3.57 Å². The van der Waals surface area contributed by atoms with Crippen molar-refractivity contribution in [3.05, 3.63) is 97.0 Å². The molecule has 2 amide bonds. The second-order valence-corrected chi connectivity index (χ2v) is 8.54. The molecule has 0 spiro atoms. The van der Waals surface area contributed by atoms with Crippen LogP contribution in [0.3, 0.4) is 0 Å². The molecular weight excluding hydrogens is 580 g/mol. The number of benzene rings is 3. The summed E-state index contributed by atoms with van der Waals surface area (Å²) in [4.78, 5) is 36.3. The average Bonchev–Trinajstić information content (AvgIpc) is 2.79. The van der Waals surface area contributed by atoms with Crippen molar-refractivity contribution in [2.75, 3.05) is 6.54 Å². The molecule has 0 aliphatic rings. The fraction of sp³-hybridized carbons (Fsp3) is 0.0435. The van der Waals surface area contributed by atoms with E-state index in [9.17, 15) is 14.4 Å². The first-order valence-corrected chi connectivity index (χ1v) is 11.3. The molecule has 3 rings (SSSR count). The number of hydrogen-bond acceptors (Lipinski definition) is 5. The summed E-state index contributed by atoms with van der Waals surface area (Å²) < 4.78 is 6.08. The third kappa shape index (κ3) is 7.28. The van der Waals surface area contributed by atoms with E-state index in [-0.39, 0.29) is 23.0 Å². The summed E-state index contributed by atoms with van der Waals surface area (Å²) in [5, 5.41) is 7.01. The number of amides is 2. The van der Waals surface area contributed by atoms with Crippen LogP contribution in [0.5, 0.6) is 5.75 Å². The molecule has 0 heterocycles. The quantitative estimate of drug-likeness (QED) is 0.136. The van der Waals surface area contributed by atoms with E-state index in [0.29, 0.717) is 21.9 Å². The Kier molecular flexibility index (Phi) is 8.81. The molecule has 10 heteroatoms. The van der Waals surface area contributed by atoms with E-state index in [4.69, 9.17) is 27.9 Å². The Morgan fingerprint density at radius 3 is 2.39 bits per heavy atom. The van der Waals surface area contributed by atoms with E-state index in [1.165, 1.54) is 18.3 Å². The van der Waals surface area contributed by atoms with Crippen molar-refractivity contribution in [2.45, 2.75) is 0 Å². The lowest BCUT2D eigenvalue weighted by atomic mass is 10.2. The van der Waals surface area contributed by atoms with Crippen molar-refractivity contribution in [3.8, 4) is 5.75 Å². The monoisotopic (exact) mass is 595 g/mol. The summed E-state index contributed by atoms with van der Waals surface area (Å²) in [5.41, 5.74) is 3.68. The van der Waals surface area contributed by atoms with Gasteiger partial charge in [0.05, 0.1) is 28.9 Å². The fourth-order valence-electron chi connectivity index (χ4n) is 2.56. The Bertz CT molecular complexity index is 1220. The Morgan fingerprint density at radius 2 is 1.70 bits per heavy atom. The maximum Gasteiger partial charge on any atom is 0.345 e. The van der Waals surface area contributed by atoms with Gasteiger partial charge in [-0.3, -0.25) is 9.59 Å². The molecular formula is C23H16Cl2IN3O4. The summed E-state index contributed by atoms with van der Waals surface area (Å²) in [7, 11) is 0. The molecule has 0 aliphatic carbocycles. The second-order valence-electron chi connectivity index (χ2n) is 6.54. The maximum atomic E-state index is 12.2. The van der Waals surface area contributed by atoms with Gasteiger partial charge in [-0.2, -0.15) is 5.10 Å². The molecule has 0 saturated carbocycles. The number of ether oxygens (including phenoxy) is 1. The third-order valence-corrected chi connectivity index (χ3v) is 5.66. The summed E-state index contributed by atoms with van der Waals surface area (Å²) >= 11 is 13.9. The van der Waals surface area contributed by atoms with Crippen LogP contribution in [0.15, 0.2) is 71.8 Å². The SMILES string of the molecule is O=C(CNC(=O)c1ccccc1I)N/N=C\c1ccc(OC(=O)c2ccc(Cl)cc2Cl)cc1. The number of hydrazone groups is 1. The molecule has 0 unspecified atom stereocenters. The molecule has 3 aromatic carbocycles. The van der Waals surface area contributed by atoms with E-state index < -0.39 is 11.9 Å². The van der Waals surface area contributed by atoms with Gasteiger partial charge in [-0.15, -0.1) is 0 Å². The third-order valence-electron chi connectivity index (χ3n) is 4.17. The Labute approximate surface area is 213 Å². The van der Waals surface area contributed by atoms with Gasteiger partial charge < -0.3 is 10.1 Å². The van der Waals surface area contributed by atoms with Crippen molar-refractivity contribution in [2.24, 2.45) is 5.10 Å².